The Labute approximate surface area is 109 Å². The van der Waals surface area contributed by atoms with Crippen LogP contribution in [-0.2, 0) is 11.2 Å². The normalized spacial score (nSPS) is 20.0. The van der Waals surface area contributed by atoms with Crippen LogP contribution in [0.25, 0.3) is 0 Å². The zero-order valence-electron chi connectivity index (χ0n) is 11.0. The summed E-state index contributed by atoms with van der Waals surface area (Å²) in [5, 5.41) is 3.10. The van der Waals surface area contributed by atoms with E-state index in [1.807, 2.05) is 13.0 Å². The zero-order chi connectivity index (χ0) is 13.0. The van der Waals surface area contributed by atoms with Crippen molar-refractivity contribution in [3.05, 3.63) is 35.4 Å². The van der Waals surface area contributed by atoms with Crippen molar-refractivity contribution in [1.82, 2.24) is 5.32 Å². The lowest BCUT2D eigenvalue weighted by Crippen LogP contribution is -2.42. The van der Waals surface area contributed by atoms with Gasteiger partial charge in [-0.15, -0.1) is 0 Å². The summed E-state index contributed by atoms with van der Waals surface area (Å²) in [7, 11) is 0. The predicted octanol–water partition coefficient (Wildman–Crippen LogP) is 2.31. The Morgan fingerprint density at radius 3 is 3.06 bits per heavy atom. The molecule has 18 heavy (non-hydrogen) atoms. The molecule has 3 heteroatoms. The van der Waals surface area contributed by atoms with Gasteiger partial charge in [0.2, 0.25) is 5.91 Å². The highest BCUT2D eigenvalue weighted by atomic mass is 16.2. The lowest BCUT2D eigenvalue weighted by molar-refractivity contribution is -0.123. The third-order valence-electron chi connectivity index (χ3n) is 3.62. The molecule has 1 aromatic carbocycles. The van der Waals surface area contributed by atoms with Crippen LogP contribution in [0.15, 0.2) is 24.3 Å². The maximum absolute atomic E-state index is 12.0. The smallest absolute Gasteiger partial charge is 0.237 e. The van der Waals surface area contributed by atoms with Gasteiger partial charge in [-0.05, 0) is 36.8 Å². The van der Waals surface area contributed by atoms with Crippen molar-refractivity contribution in [2.75, 3.05) is 0 Å². The minimum Gasteiger partial charge on any atom is -0.348 e. The van der Waals surface area contributed by atoms with Gasteiger partial charge in [-0.25, -0.2) is 0 Å². The molecular weight excluding hydrogens is 224 g/mol. The Morgan fingerprint density at radius 2 is 2.28 bits per heavy atom. The fraction of sp³-hybridized carbons (Fsp3) is 0.533. The molecule has 2 atom stereocenters. The third-order valence-corrected chi connectivity index (χ3v) is 3.62. The van der Waals surface area contributed by atoms with Crippen LogP contribution in [0.1, 0.15) is 49.8 Å². The van der Waals surface area contributed by atoms with E-state index in [0.29, 0.717) is 0 Å². The summed E-state index contributed by atoms with van der Waals surface area (Å²) < 4.78 is 0. The molecule has 0 aromatic heterocycles. The summed E-state index contributed by atoms with van der Waals surface area (Å²) in [6.07, 6.45) is 4.95. The molecule has 0 radical (unpaired) electrons. The summed E-state index contributed by atoms with van der Waals surface area (Å²) >= 11 is 0. The number of hydrogen-bond donors (Lipinski definition) is 2. The van der Waals surface area contributed by atoms with Crippen molar-refractivity contribution in [2.45, 2.75) is 51.1 Å². The maximum atomic E-state index is 12.0. The highest BCUT2D eigenvalue weighted by Gasteiger charge is 2.23. The first-order valence-corrected chi connectivity index (χ1v) is 6.86. The lowest BCUT2D eigenvalue weighted by atomic mass is 9.87. The number of benzene rings is 1. The Balaban J connectivity index is 2.05. The van der Waals surface area contributed by atoms with E-state index in [0.717, 1.165) is 32.1 Å². The number of hydrogen-bond acceptors (Lipinski definition) is 2. The molecule has 0 saturated carbocycles. The number of aryl methyl sites for hydroxylation is 1. The highest BCUT2D eigenvalue weighted by molar-refractivity contribution is 5.81. The van der Waals surface area contributed by atoms with Crippen molar-refractivity contribution < 1.29 is 4.79 Å². The first kappa shape index (κ1) is 13.1. The second kappa shape index (κ2) is 6.01. The van der Waals surface area contributed by atoms with Gasteiger partial charge >= 0.3 is 0 Å². The fourth-order valence-electron chi connectivity index (χ4n) is 2.62. The van der Waals surface area contributed by atoms with Gasteiger partial charge in [-0.2, -0.15) is 0 Å². The van der Waals surface area contributed by atoms with Crippen molar-refractivity contribution in [2.24, 2.45) is 5.73 Å². The first-order valence-electron chi connectivity index (χ1n) is 6.86. The van der Waals surface area contributed by atoms with E-state index in [9.17, 15) is 4.79 Å². The van der Waals surface area contributed by atoms with E-state index >= 15 is 0 Å². The predicted molar refractivity (Wildman–Crippen MR) is 73.1 cm³/mol. The largest absolute Gasteiger partial charge is 0.348 e. The van der Waals surface area contributed by atoms with E-state index in [1.165, 1.54) is 11.1 Å². The van der Waals surface area contributed by atoms with Gasteiger partial charge in [-0.3, -0.25) is 4.79 Å². The molecule has 1 amide bonds. The van der Waals surface area contributed by atoms with Crippen molar-refractivity contribution >= 4 is 5.91 Å². The van der Waals surface area contributed by atoms with Gasteiger partial charge in [0, 0.05) is 0 Å². The number of rotatable bonds is 4. The minimum atomic E-state index is -0.371. The molecule has 1 aliphatic carbocycles. The molecule has 1 aliphatic rings. The van der Waals surface area contributed by atoms with Gasteiger partial charge < -0.3 is 11.1 Å². The minimum absolute atomic E-state index is 0.0152. The molecule has 0 aliphatic heterocycles. The molecule has 0 fully saturated rings. The Hall–Kier alpha value is -1.35. The van der Waals surface area contributed by atoms with E-state index in [4.69, 9.17) is 5.73 Å². The quantitative estimate of drug-likeness (QED) is 0.856. The molecular formula is C15H22N2O. The average molecular weight is 246 g/mol. The van der Waals surface area contributed by atoms with Crippen LogP contribution in [0.3, 0.4) is 0 Å². The van der Waals surface area contributed by atoms with Crippen LogP contribution in [0.4, 0.5) is 0 Å². The van der Waals surface area contributed by atoms with Crippen LogP contribution in [0.5, 0.6) is 0 Å². The van der Waals surface area contributed by atoms with Gasteiger partial charge in [-0.1, -0.05) is 37.6 Å². The molecule has 98 valence electrons. The zero-order valence-corrected chi connectivity index (χ0v) is 11.0. The van der Waals surface area contributed by atoms with Gasteiger partial charge in [0.05, 0.1) is 12.1 Å². The summed E-state index contributed by atoms with van der Waals surface area (Å²) in [6.45, 7) is 2.04. The molecule has 3 nitrogen and oxygen atoms in total. The van der Waals surface area contributed by atoms with Crippen molar-refractivity contribution in [3.63, 3.8) is 0 Å². The number of carbonyl (C=O) groups excluding carboxylic acids is 1. The van der Waals surface area contributed by atoms with Crippen LogP contribution < -0.4 is 11.1 Å². The first-order chi connectivity index (χ1) is 8.72. The Morgan fingerprint density at radius 1 is 1.50 bits per heavy atom. The summed E-state index contributed by atoms with van der Waals surface area (Å²) in [6, 6.07) is 8.14. The number of carbonyl (C=O) groups is 1. The monoisotopic (exact) mass is 246 g/mol. The summed E-state index contributed by atoms with van der Waals surface area (Å²) in [5.74, 6) is -0.0152. The van der Waals surface area contributed by atoms with E-state index in [1.54, 1.807) is 0 Å². The van der Waals surface area contributed by atoms with Crippen LogP contribution in [0, 0.1) is 0 Å². The van der Waals surface area contributed by atoms with Gasteiger partial charge in [0.25, 0.3) is 0 Å². The number of nitrogens with one attached hydrogen (secondary N) is 1. The summed E-state index contributed by atoms with van der Waals surface area (Å²) in [4.78, 5) is 12.0. The second-order valence-electron chi connectivity index (χ2n) is 5.05. The number of nitrogens with two attached hydrogens (primary N) is 1. The molecule has 1 aromatic rings. The van der Waals surface area contributed by atoms with Crippen molar-refractivity contribution in [1.29, 1.82) is 0 Å². The highest BCUT2D eigenvalue weighted by Crippen LogP contribution is 2.29. The van der Waals surface area contributed by atoms with E-state index in [2.05, 4.69) is 23.5 Å². The molecule has 1 unspecified atom stereocenters. The average Bonchev–Trinajstić information content (AvgIpc) is 2.39. The topological polar surface area (TPSA) is 55.1 Å². The molecule has 0 saturated heterocycles. The molecule has 0 spiro atoms. The van der Waals surface area contributed by atoms with Gasteiger partial charge in [0.1, 0.15) is 0 Å². The fourth-order valence-corrected chi connectivity index (χ4v) is 2.62. The second-order valence-corrected chi connectivity index (χ2v) is 5.05. The number of amides is 1. The standard InChI is InChI=1S/C15H22N2O/c1-2-6-13(16)15(18)17-14-10-5-8-11-7-3-4-9-12(11)14/h3-4,7,9,13-14H,2,5-6,8,10,16H2,1H3,(H,17,18)/t13-,14?/m0/s1. The molecule has 0 heterocycles. The number of fused-ring (bicyclic) bond motifs is 1. The molecule has 0 bridgehead atoms. The van der Waals surface area contributed by atoms with Crippen LogP contribution in [0.2, 0.25) is 0 Å². The Kier molecular flexibility index (Phi) is 4.37. The van der Waals surface area contributed by atoms with Gasteiger partial charge in [0.15, 0.2) is 0 Å². The molecule has 2 rings (SSSR count). The Bertz CT molecular complexity index is 417. The van der Waals surface area contributed by atoms with E-state index in [-0.39, 0.29) is 18.0 Å². The van der Waals surface area contributed by atoms with E-state index < -0.39 is 0 Å². The van der Waals surface area contributed by atoms with Crippen LogP contribution in [-0.4, -0.2) is 11.9 Å². The summed E-state index contributed by atoms with van der Waals surface area (Å²) in [5.41, 5.74) is 8.48. The SMILES string of the molecule is CCC[C@H](N)C(=O)NC1CCCc2ccccc21. The lowest BCUT2D eigenvalue weighted by Gasteiger charge is -2.27. The molecule has 3 N–H and O–H groups in total. The van der Waals surface area contributed by atoms with Crippen LogP contribution >= 0.6 is 0 Å². The third kappa shape index (κ3) is 2.91. The van der Waals surface area contributed by atoms with Crippen molar-refractivity contribution in [3.8, 4) is 0 Å². The maximum Gasteiger partial charge on any atom is 0.237 e.